The molecule has 0 radical (unpaired) electrons. The quantitative estimate of drug-likeness (QED) is 0.268. The molecule has 2 aromatic rings. The zero-order valence-electron chi connectivity index (χ0n) is 16.5. The number of amidine groups is 1. The molecule has 1 aromatic heterocycles. The number of nitrogens with one attached hydrogen (secondary N) is 2. The first-order valence-corrected chi connectivity index (χ1v) is 11.1. The number of hydrogen-bond acceptors (Lipinski definition) is 5. The van der Waals surface area contributed by atoms with Crippen molar-refractivity contribution in [2.75, 3.05) is 6.54 Å². The minimum absolute atomic E-state index is 0.0297. The molecular weight excluding hydrogens is 436 g/mol. The Morgan fingerprint density at radius 2 is 2.06 bits per heavy atom. The largest absolute Gasteiger partial charge is 0.384 e. The Labute approximate surface area is 188 Å². The monoisotopic (exact) mass is 456 g/mol. The maximum atomic E-state index is 13.1. The SMILES string of the molecule is N=C(N)c1cccc(CCN2C(=O)[C@H]3[C@H](CC=C[C@H]3NC(=O)c3ccc(Cl)s3)C2=O)c1. The predicted molar refractivity (Wildman–Crippen MR) is 119 cm³/mol. The standard InChI is InChI=1S/C22H21ClN4O3S/c23-17-8-7-16(31-17)20(28)26-15-6-2-5-14-18(15)22(30)27(21(14)29)10-9-12-3-1-4-13(11-12)19(24)25/h1-4,6-8,11,14-15,18H,5,9-10H2,(H3,24,25)(H,26,28)/t14-,15+,18-/m0/s1. The molecule has 1 aromatic carbocycles. The molecule has 1 aliphatic heterocycles. The molecule has 1 saturated heterocycles. The number of nitrogens with two attached hydrogens (primary N) is 1. The summed E-state index contributed by atoms with van der Waals surface area (Å²) in [5.74, 6) is -1.90. The van der Waals surface area contributed by atoms with Crippen LogP contribution in [0.15, 0.2) is 48.6 Å². The topological polar surface area (TPSA) is 116 Å². The third-order valence-corrected chi connectivity index (χ3v) is 6.87. The number of nitrogens with zero attached hydrogens (tertiary/aromatic N) is 1. The number of nitrogen functional groups attached to an aromatic ring is 1. The number of thiophene rings is 1. The van der Waals surface area contributed by atoms with E-state index in [2.05, 4.69) is 5.32 Å². The first-order valence-electron chi connectivity index (χ1n) is 9.86. The molecule has 160 valence electrons. The minimum atomic E-state index is -0.611. The highest BCUT2D eigenvalue weighted by molar-refractivity contribution is 7.18. The van der Waals surface area contributed by atoms with E-state index >= 15 is 0 Å². The van der Waals surface area contributed by atoms with E-state index in [9.17, 15) is 14.4 Å². The van der Waals surface area contributed by atoms with Crippen LogP contribution in [0.5, 0.6) is 0 Å². The molecule has 0 bridgehead atoms. The molecule has 2 heterocycles. The van der Waals surface area contributed by atoms with Crippen LogP contribution in [0.2, 0.25) is 4.34 Å². The molecule has 0 saturated carbocycles. The smallest absolute Gasteiger partial charge is 0.261 e. The Morgan fingerprint density at radius 3 is 2.77 bits per heavy atom. The molecule has 31 heavy (non-hydrogen) atoms. The Bertz CT molecular complexity index is 1100. The fraction of sp³-hybridized carbons (Fsp3) is 0.273. The van der Waals surface area contributed by atoms with E-state index in [-0.39, 0.29) is 30.1 Å². The molecule has 3 atom stereocenters. The molecule has 1 fully saturated rings. The summed E-state index contributed by atoms with van der Waals surface area (Å²) in [6.07, 6.45) is 4.58. The van der Waals surface area contributed by atoms with Crippen LogP contribution in [-0.2, 0) is 16.0 Å². The fourth-order valence-corrected chi connectivity index (χ4v) is 5.06. The van der Waals surface area contributed by atoms with Gasteiger partial charge in [0.05, 0.1) is 27.1 Å². The van der Waals surface area contributed by atoms with Crippen molar-refractivity contribution >= 4 is 46.5 Å². The third kappa shape index (κ3) is 4.26. The van der Waals surface area contributed by atoms with Gasteiger partial charge in [0.15, 0.2) is 0 Å². The summed E-state index contributed by atoms with van der Waals surface area (Å²) in [6.45, 7) is 0.243. The van der Waals surface area contributed by atoms with Crippen molar-refractivity contribution in [3.05, 3.63) is 68.9 Å². The summed E-state index contributed by atoms with van der Waals surface area (Å²) in [5, 5.41) is 10.4. The highest BCUT2D eigenvalue weighted by Crippen LogP contribution is 2.36. The number of hydrogen-bond donors (Lipinski definition) is 3. The second-order valence-corrected chi connectivity index (χ2v) is 9.31. The van der Waals surface area contributed by atoms with Gasteiger partial charge in [-0.1, -0.05) is 42.0 Å². The van der Waals surface area contributed by atoms with E-state index in [1.807, 2.05) is 12.1 Å². The molecule has 0 unspecified atom stereocenters. The average molecular weight is 457 g/mol. The summed E-state index contributed by atoms with van der Waals surface area (Å²) in [4.78, 5) is 40.4. The van der Waals surface area contributed by atoms with Crippen molar-refractivity contribution in [3.63, 3.8) is 0 Å². The summed E-state index contributed by atoms with van der Waals surface area (Å²) in [5.41, 5.74) is 7.03. The third-order valence-electron chi connectivity index (χ3n) is 5.65. The lowest BCUT2D eigenvalue weighted by Crippen LogP contribution is -2.45. The molecule has 2 aliphatic rings. The second-order valence-electron chi connectivity index (χ2n) is 7.59. The first kappa shape index (κ1) is 21.3. The van der Waals surface area contributed by atoms with Gasteiger partial charge in [-0.3, -0.25) is 24.7 Å². The first-order chi connectivity index (χ1) is 14.8. The van der Waals surface area contributed by atoms with Crippen LogP contribution in [-0.4, -0.2) is 41.0 Å². The van der Waals surface area contributed by atoms with Crippen molar-refractivity contribution in [3.8, 4) is 0 Å². The van der Waals surface area contributed by atoms with E-state index in [1.165, 1.54) is 4.90 Å². The van der Waals surface area contributed by atoms with E-state index < -0.39 is 17.9 Å². The van der Waals surface area contributed by atoms with Gasteiger partial charge >= 0.3 is 0 Å². The Balaban J connectivity index is 1.46. The number of carbonyl (C=O) groups excluding carboxylic acids is 3. The zero-order chi connectivity index (χ0) is 22.1. The van der Waals surface area contributed by atoms with Gasteiger partial charge in [0.25, 0.3) is 5.91 Å². The number of halogens is 1. The van der Waals surface area contributed by atoms with Gasteiger partial charge in [-0.25, -0.2) is 0 Å². The summed E-state index contributed by atoms with van der Waals surface area (Å²) >= 11 is 7.07. The predicted octanol–water partition coefficient (Wildman–Crippen LogP) is 2.59. The molecule has 4 rings (SSSR count). The number of rotatable bonds is 6. The minimum Gasteiger partial charge on any atom is -0.384 e. The maximum Gasteiger partial charge on any atom is 0.261 e. The Kier molecular flexibility index (Phi) is 5.93. The lowest BCUT2D eigenvalue weighted by atomic mass is 9.81. The van der Waals surface area contributed by atoms with Crippen LogP contribution in [0.25, 0.3) is 0 Å². The number of likely N-dealkylation sites (tertiary alicyclic amines) is 1. The fourth-order valence-electron chi connectivity index (χ4n) is 4.11. The van der Waals surface area contributed by atoms with Crippen LogP contribution in [0.3, 0.4) is 0 Å². The lowest BCUT2D eigenvalue weighted by Gasteiger charge is -2.26. The van der Waals surface area contributed by atoms with Crippen molar-refractivity contribution in [1.82, 2.24) is 10.2 Å². The number of amides is 3. The van der Waals surface area contributed by atoms with Gasteiger partial charge in [0, 0.05) is 12.1 Å². The van der Waals surface area contributed by atoms with E-state index in [0.29, 0.717) is 27.6 Å². The number of carbonyl (C=O) groups is 3. The highest BCUT2D eigenvalue weighted by atomic mass is 35.5. The van der Waals surface area contributed by atoms with Gasteiger partial charge in [-0.05, 0) is 36.6 Å². The maximum absolute atomic E-state index is 13.1. The van der Waals surface area contributed by atoms with Gasteiger partial charge < -0.3 is 11.1 Å². The molecule has 1 aliphatic carbocycles. The van der Waals surface area contributed by atoms with E-state index in [4.69, 9.17) is 22.7 Å². The summed E-state index contributed by atoms with van der Waals surface area (Å²) in [6, 6.07) is 9.94. The van der Waals surface area contributed by atoms with Crippen molar-refractivity contribution < 1.29 is 14.4 Å². The van der Waals surface area contributed by atoms with E-state index in [0.717, 1.165) is 16.9 Å². The highest BCUT2D eigenvalue weighted by Gasteiger charge is 2.51. The van der Waals surface area contributed by atoms with E-state index in [1.54, 1.807) is 36.4 Å². The van der Waals surface area contributed by atoms with Gasteiger partial charge in [-0.2, -0.15) is 0 Å². The molecule has 9 heteroatoms. The van der Waals surface area contributed by atoms with Crippen LogP contribution in [0, 0.1) is 17.2 Å². The van der Waals surface area contributed by atoms with Crippen LogP contribution < -0.4 is 11.1 Å². The normalized spacial score (nSPS) is 22.5. The molecular formula is C22H21ClN4O3S. The Hall–Kier alpha value is -2.97. The second kappa shape index (κ2) is 8.64. The Morgan fingerprint density at radius 1 is 1.26 bits per heavy atom. The number of allylic oxidation sites excluding steroid dienone is 1. The lowest BCUT2D eigenvalue weighted by molar-refractivity contribution is -0.139. The molecule has 3 amide bonds. The number of imide groups is 1. The van der Waals surface area contributed by atoms with Crippen molar-refractivity contribution in [2.24, 2.45) is 17.6 Å². The summed E-state index contributed by atoms with van der Waals surface area (Å²) < 4.78 is 0.509. The summed E-state index contributed by atoms with van der Waals surface area (Å²) in [7, 11) is 0. The molecule has 7 nitrogen and oxygen atoms in total. The van der Waals surface area contributed by atoms with Crippen molar-refractivity contribution in [1.29, 1.82) is 5.41 Å². The zero-order valence-corrected chi connectivity index (χ0v) is 18.1. The van der Waals surface area contributed by atoms with Crippen LogP contribution >= 0.6 is 22.9 Å². The number of benzene rings is 1. The van der Waals surface area contributed by atoms with Gasteiger partial charge in [0.2, 0.25) is 11.8 Å². The van der Waals surface area contributed by atoms with Crippen LogP contribution in [0.1, 0.15) is 27.2 Å². The van der Waals surface area contributed by atoms with Gasteiger partial charge in [0.1, 0.15) is 5.84 Å². The van der Waals surface area contributed by atoms with Crippen molar-refractivity contribution in [2.45, 2.75) is 18.9 Å². The number of fused-ring (bicyclic) bond motifs is 1. The molecule has 0 spiro atoms. The average Bonchev–Trinajstić information content (AvgIpc) is 3.29. The molecule has 4 N–H and O–H groups in total. The van der Waals surface area contributed by atoms with Gasteiger partial charge in [-0.15, -0.1) is 11.3 Å². The van der Waals surface area contributed by atoms with Crippen LogP contribution in [0.4, 0.5) is 0 Å².